The van der Waals surface area contributed by atoms with Crippen molar-refractivity contribution in [1.82, 2.24) is 5.32 Å². The van der Waals surface area contributed by atoms with Crippen LogP contribution >= 0.6 is 11.3 Å². The fraction of sp³-hybridized carbons (Fsp3) is 0.267. The van der Waals surface area contributed by atoms with Crippen LogP contribution in [0.1, 0.15) is 21.6 Å². The summed E-state index contributed by atoms with van der Waals surface area (Å²) in [5, 5.41) is 16.8. The van der Waals surface area contributed by atoms with Gasteiger partial charge < -0.3 is 10.6 Å². The highest BCUT2D eigenvalue weighted by atomic mass is 32.1. The molecule has 0 saturated heterocycles. The first-order valence-corrected chi connectivity index (χ1v) is 7.33. The zero-order chi connectivity index (χ0) is 13.9. The first-order chi connectivity index (χ1) is 9.78. The van der Waals surface area contributed by atoms with E-state index >= 15 is 0 Å². The molecule has 20 heavy (non-hydrogen) atoms. The first kappa shape index (κ1) is 13.1. The average Bonchev–Trinajstić information content (AvgIpc) is 2.82. The maximum atomic E-state index is 13.1. The molecule has 1 aliphatic heterocycles. The number of anilines is 1. The number of hydrogen-bond acceptors (Lipinski definition) is 4. The summed E-state index contributed by atoms with van der Waals surface area (Å²) in [5.41, 5.74) is 2.79. The largest absolute Gasteiger partial charge is 0.372 e. The van der Waals surface area contributed by atoms with Crippen LogP contribution in [0, 0.1) is 17.1 Å². The zero-order valence-corrected chi connectivity index (χ0v) is 11.7. The maximum absolute atomic E-state index is 13.1. The second kappa shape index (κ2) is 5.61. The number of hydrogen-bond donors (Lipinski definition) is 2. The normalized spacial score (nSPS) is 13.6. The van der Waals surface area contributed by atoms with E-state index in [4.69, 9.17) is 0 Å². The third kappa shape index (κ3) is 2.53. The molecule has 0 saturated carbocycles. The smallest absolute Gasteiger partial charge is 0.123 e. The van der Waals surface area contributed by atoms with Crippen LogP contribution in [-0.4, -0.2) is 6.54 Å². The van der Waals surface area contributed by atoms with Crippen LogP contribution in [0.15, 0.2) is 24.3 Å². The lowest BCUT2D eigenvalue weighted by Gasteiger charge is -2.11. The Kier molecular flexibility index (Phi) is 3.68. The lowest BCUT2D eigenvalue weighted by Crippen LogP contribution is -2.22. The van der Waals surface area contributed by atoms with Gasteiger partial charge in [-0.05, 0) is 36.2 Å². The fourth-order valence-electron chi connectivity index (χ4n) is 2.41. The van der Waals surface area contributed by atoms with Gasteiger partial charge in [-0.2, -0.15) is 5.26 Å². The van der Waals surface area contributed by atoms with Gasteiger partial charge in [0.2, 0.25) is 0 Å². The lowest BCUT2D eigenvalue weighted by molar-refractivity contribution is 0.626. The second-order valence-corrected chi connectivity index (χ2v) is 5.84. The van der Waals surface area contributed by atoms with Crippen molar-refractivity contribution in [1.29, 1.82) is 5.26 Å². The Bertz CT molecular complexity index is 672. The average molecular weight is 287 g/mol. The minimum atomic E-state index is -0.237. The molecule has 1 aliphatic rings. The molecule has 3 nitrogen and oxygen atoms in total. The van der Waals surface area contributed by atoms with Crippen molar-refractivity contribution in [2.45, 2.75) is 19.5 Å². The molecule has 1 aromatic heterocycles. The summed E-state index contributed by atoms with van der Waals surface area (Å²) in [5.74, 6) is -0.237. The van der Waals surface area contributed by atoms with E-state index in [9.17, 15) is 9.65 Å². The summed E-state index contributed by atoms with van der Waals surface area (Å²) in [7, 11) is 0. The van der Waals surface area contributed by atoms with Gasteiger partial charge >= 0.3 is 0 Å². The maximum Gasteiger partial charge on any atom is 0.123 e. The number of nitrogens with one attached hydrogen (secondary N) is 2. The van der Waals surface area contributed by atoms with Crippen molar-refractivity contribution in [3.63, 3.8) is 0 Å². The second-order valence-electron chi connectivity index (χ2n) is 4.73. The van der Waals surface area contributed by atoms with E-state index in [1.165, 1.54) is 17.0 Å². The first-order valence-electron chi connectivity index (χ1n) is 6.51. The standard InChI is InChI=1S/C15H14FN3S/c16-11-3-1-2-10(6-11)8-19-15-13(7-17)12-4-5-18-9-14(12)20-15/h1-3,6,18-19H,4-5,8-9H2. The Morgan fingerprint density at radius 2 is 2.35 bits per heavy atom. The van der Waals surface area contributed by atoms with E-state index in [1.54, 1.807) is 17.4 Å². The van der Waals surface area contributed by atoms with Gasteiger partial charge in [-0.25, -0.2) is 4.39 Å². The van der Waals surface area contributed by atoms with Crippen LogP contribution in [0.3, 0.4) is 0 Å². The van der Waals surface area contributed by atoms with Crippen molar-refractivity contribution in [2.24, 2.45) is 0 Å². The fourth-order valence-corrected chi connectivity index (χ4v) is 3.57. The zero-order valence-electron chi connectivity index (χ0n) is 10.9. The molecular formula is C15H14FN3S. The van der Waals surface area contributed by atoms with E-state index in [0.29, 0.717) is 6.54 Å². The predicted octanol–water partition coefficient (Wildman–Crippen LogP) is 3.02. The summed E-state index contributed by atoms with van der Waals surface area (Å²) in [6.07, 6.45) is 0.899. The molecule has 0 spiro atoms. The number of nitrogens with zero attached hydrogens (tertiary/aromatic N) is 1. The molecule has 102 valence electrons. The minimum Gasteiger partial charge on any atom is -0.372 e. The van der Waals surface area contributed by atoms with Crippen LogP contribution in [0.2, 0.25) is 0 Å². The highest BCUT2D eigenvalue weighted by Crippen LogP contribution is 2.34. The van der Waals surface area contributed by atoms with Crippen molar-refractivity contribution in [3.8, 4) is 6.07 Å². The van der Waals surface area contributed by atoms with E-state index in [0.717, 1.165) is 41.2 Å². The van der Waals surface area contributed by atoms with Gasteiger partial charge in [0, 0.05) is 18.0 Å². The van der Waals surface area contributed by atoms with Crippen LogP contribution < -0.4 is 10.6 Å². The third-order valence-corrected chi connectivity index (χ3v) is 4.57. The molecule has 0 aliphatic carbocycles. The van der Waals surface area contributed by atoms with Crippen molar-refractivity contribution in [2.75, 3.05) is 11.9 Å². The third-order valence-electron chi connectivity index (χ3n) is 3.38. The van der Waals surface area contributed by atoms with E-state index in [2.05, 4.69) is 16.7 Å². The Morgan fingerprint density at radius 1 is 1.45 bits per heavy atom. The van der Waals surface area contributed by atoms with Crippen LogP contribution in [0.25, 0.3) is 0 Å². The molecule has 1 aromatic carbocycles. The number of rotatable bonds is 3. The summed E-state index contributed by atoms with van der Waals surface area (Å²) in [6.45, 7) is 2.28. The van der Waals surface area contributed by atoms with Crippen LogP contribution in [-0.2, 0) is 19.5 Å². The van der Waals surface area contributed by atoms with Crippen molar-refractivity contribution >= 4 is 16.3 Å². The molecule has 5 heteroatoms. The van der Waals surface area contributed by atoms with Gasteiger partial charge in [-0.1, -0.05) is 12.1 Å². The number of benzene rings is 1. The molecular weight excluding hydrogens is 273 g/mol. The van der Waals surface area contributed by atoms with E-state index < -0.39 is 0 Å². The number of fused-ring (bicyclic) bond motifs is 1. The molecule has 2 N–H and O–H groups in total. The highest BCUT2D eigenvalue weighted by molar-refractivity contribution is 7.16. The predicted molar refractivity (Wildman–Crippen MR) is 78.2 cm³/mol. The Morgan fingerprint density at radius 3 is 3.15 bits per heavy atom. The van der Waals surface area contributed by atoms with Gasteiger partial charge in [0.25, 0.3) is 0 Å². The van der Waals surface area contributed by atoms with Gasteiger partial charge in [0.05, 0.1) is 5.56 Å². The molecule has 0 bridgehead atoms. The van der Waals surface area contributed by atoms with Gasteiger partial charge in [-0.3, -0.25) is 0 Å². The van der Waals surface area contributed by atoms with Gasteiger partial charge in [0.1, 0.15) is 16.9 Å². The summed E-state index contributed by atoms with van der Waals surface area (Å²) < 4.78 is 13.1. The van der Waals surface area contributed by atoms with Gasteiger partial charge in [0.15, 0.2) is 0 Å². The van der Waals surface area contributed by atoms with E-state index in [-0.39, 0.29) is 5.82 Å². The summed E-state index contributed by atoms with van der Waals surface area (Å²) in [6, 6.07) is 8.80. The summed E-state index contributed by atoms with van der Waals surface area (Å²) >= 11 is 1.62. The molecule has 0 amide bonds. The number of thiophene rings is 1. The molecule has 2 aromatic rings. The van der Waals surface area contributed by atoms with Crippen LogP contribution in [0.4, 0.5) is 9.39 Å². The molecule has 0 unspecified atom stereocenters. The lowest BCUT2D eigenvalue weighted by atomic mass is 10.1. The van der Waals surface area contributed by atoms with Crippen molar-refractivity contribution in [3.05, 3.63) is 51.7 Å². The Labute approximate surface area is 121 Å². The molecule has 0 radical (unpaired) electrons. The van der Waals surface area contributed by atoms with Gasteiger partial charge in [-0.15, -0.1) is 11.3 Å². The quantitative estimate of drug-likeness (QED) is 0.912. The summed E-state index contributed by atoms with van der Waals surface area (Å²) in [4.78, 5) is 1.23. The highest BCUT2D eigenvalue weighted by Gasteiger charge is 2.20. The van der Waals surface area contributed by atoms with Crippen molar-refractivity contribution < 1.29 is 4.39 Å². The molecule has 0 atom stereocenters. The Balaban J connectivity index is 1.81. The van der Waals surface area contributed by atoms with Crippen LogP contribution in [0.5, 0.6) is 0 Å². The monoisotopic (exact) mass is 287 g/mol. The molecule has 3 rings (SSSR count). The number of nitriles is 1. The Hall–Kier alpha value is -1.90. The topological polar surface area (TPSA) is 47.9 Å². The minimum absolute atomic E-state index is 0.237. The molecule has 0 fully saturated rings. The SMILES string of the molecule is N#Cc1c(NCc2cccc(F)c2)sc2c1CCNC2. The van der Waals surface area contributed by atoms with E-state index in [1.807, 2.05) is 6.07 Å². The molecule has 2 heterocycles. The number of halogens is 1.